The first-order chi connectivity index (χ1) is 46.3. The monoisotopic (exact) mass is 1030 g/mol. The van der Waals surface area contributed by atoms with Crippen LogP contribution in [0.2, 0.25) is 13.1 Å². The van der Waals surface area contributed by atoms with Gasteiger partial charge in [0.2, 0.25) is 0 Å². The van der Waals surface area contributed by atoms with Gasteiger partial charge in [-0.2, -0.15) is 0 Å². The van der Waals surface area contributed by atoms with Crippen molar-refractivity contribution in [3.63, 3.8) is 0 Å². The first-order valence-corrected chi connectivity index (χ1v) is 29.8. The van der Waals surface area contributed by atoms with Crippen molar-refractivity contribution in [1.29, 1.82) is 0 Å². The van der Waals surface area contributed by atoms with E-state index in [1.165, 1.54) is 33.4 Å². The minimum absolute atomic E-state index is 0.0149. The van der Waals surface area contributed by atoms with E-state index in [1.807, 2.05) is 18.2 Å². The maximum atomic E-state index is 10.9. The number of benzene rings is 10. The summed E-state index contributed by atoms with van der Waals surface area (Å²) in [5.41, 5.74) is -0.395. The molecule has 4 heterocycles. The Balaban J connectivity index is 1.20. The van der Waals surface area contributed by atoms with Crippen molar-refractivity contribution < 1.29 is 35.6 Å². The van der Waals surface area contributed by atoms with E-state index in [2.05, 4.69) is 13.1 Å². The molecule has 1 aliphatic heterocycles. The van der Waals surface area contributed by atoms with Crippen molar-refractivity contribution in [2.75, 3.05) is 0 Å². The predicted octanol–water partition coefficient (Wildman–Crippen LogP) is 11.6. The number of para-hydroxylation sites is 5. The number of aromatic nitrogens is 5. The Morgan fingerprint density at radius 2 is 0.944 bits per heavy atom. The molecule has 1 aliphatic rings. The van der Waals surface area contributed by atoms with E-state index in [0.29, 0.717) is 5.56 Å². The van der Waals surface area contributed by atoms with Crippen molar-refractivity contribution in [3.8, 4) is 45.5 Å². The van der Waals surface area contributed by atoms with E-state index >= 15 is 0 Å². The van der Waals surface area contributed by atoms with Gasteiger partial charge in [-0.25, -0.2) is 0 Å². The van der Waals surface area contributed by atoms with Crippen LogP contribution in [-0.4, -0.2) is 45.4 Å². The average Bonchev–Trinajstić information content (AvgIpc) is 0.774. The van der Waals surface area contributed by atoms with Crippen molar-refractivity contribution in [2.45, 2.75) is 13.1 Å². The van der Waals surface area contributed by atoms with E-state index in [-0.39, 0.29) is 59.3 Å². The van der Waals surface area contributed by atoms with Crippen molar-refractivity contribution in [3.05, 3.63) is 248 Å². The van der Waals surface area contributed by atoms with Gasteiger partial charge in [-0.3, -0.25) is 0 Å². The van der Waals surface area contributed by atoms with E-state index in [9.17, 15) is 24.7 Å². The van der Waals surface area contributed by atoms with Crippen LogP contribution < -0.4 is 28.0 Å². The first-order valence-electron chi connectivity index (χ1n) is 35.7. The van der Waals surface area contributed by atoms with Crippen LogP contribution in [-0.2, 0) is 0 Å². The van der Waals surface area contributed by atoms with E-state index in [4.69, 9.17) is 25.9 Å². The average molecular weight is 1020 g/mol. The molecule has 0 fully saturated rings. The van der Waals surface area contributed by atoms with E-state index in [1.54, 1.807) is 48.5 Å². The fraction of sp³-hybridized carbons (Fsp3) is 0.0308. The molecular formula is C65H47GeN5Si. The molecule has 340 valence electrons. The Kier molecular flexibility index (Phi) is 5.45. The van der Waals surface area contributed by atoms with Gasteiger partial charge in [0.25, 0.3) is 0 Å². The van der Waals surface area contributed by atoms with Gasteiger partial charge < -0.3 is 0 Å². The van der Waals surface area contributed by atoms with Crippen LogP contribution in [0.4, 0.5) is 0 Å². The maximum absolute atomic E-state index is 10.9. The van der Waals surface area contributed by atoms with Gasteiger partial charge in [0, 0.05) is 0 Å². The van der Waals surface area contributed by atoms with Crippen molar-refractivity contribution in [2.24, 2.45) is 0 Å². The fourth-order valence-electron chi connectivity index (χ4n) is 10.4. The second kappa shape index (κ2) is 16.6. The summed E-state index contributed by atoms with van der Waals surface area (Å²) in [4.78, 5) is 14.9. The van der Waals surface area contributed by atoms with Crippen molar-refractivity contribution >= 4 is 92.9 Å². The molecule has 0 bridgehead atoms. The van der Waals surface area contributed by atoms with Crippen LogP contribution in [0, 0.1) is 0 Å². The molecule has 0 N–H and O–H groups in total. The zero-order valence-electron chi connectivity index (χ0n) is 63.9. The van der Waals surface area contributed by atoms with Gasteiger partial charge in [0.15, 0.2) is 0 Å². The zero-order valence-corrected chi connectivity index (χ0v) is 41.0. The van der Waals surface area contributed by atoms with E-state index < -0.39 is 215 Å². The molecule has 0 aliphatic carbocycles. The van der Waals surface area contributed by atoms with Crippen LogP contribution in [0.25, 0.3) is 89.2 Å². The molecular weight excluding hydrogens is 951 g/mol. The third kappa shape index (κ3) is 6.35. The van der Waals surface area contributed by atoms with Crippen LogP contribution in [0.3, 0.4) is 0 Å². The molecule has 5 nitrogen and oxygen atoms in total. The molecule has 0 unspecified atom stereocenters. The number of rotatable bonds is 8. The van der Waals surface area contributed by atoms with Gasteiger partial charge in [0.1, 0.15) is 0 Å². The summed E-state index contributed by atoms with van der Waals surface area (Å²) in [6.45, 7) is 4.20. The molecule has 0 saturated heterocycles. The summed E-state index contributed by atoms with van der Waals surface area (Å²) < 4.78 is 245. The summed E-state index contributed by atoms with van der Waals surface area (Å²) >= 11 is -6.75. The predicted molar refractivity (Wildman–Crippen MR) is 305 cm³/mol. The van der Waals surface area contributed by atoms with Crippen molar-refractivity contribution in [1.82, 2.24) is 24.1 Å². The summed E-state index contributed by atoms with van der Waals surface area (Å²) in [6, 6.07) is 3.57. The summed E-state index contributed by atoms with van der Waals surface area (Å²) in [5.74, 6) is -1.72. The summed E-state index contributed by atoms with van der Waals surface area (Å²) in [7, 11) is -2.63. The Morgan fingerprint density at radius 1 is 0.403 bits per heavy atom. The summed E-state index contributed by atoms with van der Waals surface area (Å²) in [6.07, 6.45) is 0. The fourth-order valence-corrected chi connectivity index (χ4v) is 21.6. The number of hydrogen-bond acceptors (Lipinski definition) is 3. The second-order valence-corrected chi connectivity index (χ2v) is 29.4. The Bertz CT molecular complexity index is 5650. The first kappa shape index (κ1) is 23.7. The molecule has 0 saturated carbocycles. The number of nitrogens with zero attached hydrogens (tertiary/aromatic N) is 5. The van der Waals surface area contributed by atoms with Gasteiger partial charge in [0.05, 0.1) is 8.22 Å². The number of fused-ring (bicyclic) bond motifs is 9. The molecule has 14 rings (SSSR count). The van der Waals surface area contributed by atoms with E-state index in [0.717, 1.165) is 15.9 Å². The van der Waals surface area contributed by atoms with Gasteiger partial charge >= 0.3 is 439 Å². The molecule has 3 aromatic heterocycles. The SMILES string of the molecule is [2H]c1c([2H])c([2H])[c]([Ge]([c]2ccc3c(c2)-c2ccccc2[Si]3(C)C)([c]2c([2H])c([2H])c([2H])c([2H])c2[2H])[c]2c([2H])c([2H])c([2H])c(-c3nc(-c4ccccc4-n4c5c([2H])c([2H])c([2H])c([2H])c5c5c([2H])c([2H])c([2H])c([2H])c54)nc(-n4c5ccccc5c5c([2H])c([2H])c([2H])c([2H])c54)n3)c2[2H])c([2H])c1[2H]. The minimum atomic E-state index is -6.75. The molecule has 0 radical (unpaired) electrons. The Labute approximate surface area is 458 Å². The zero-order chi connectivity index (χ0) is 70.6. The number of hydrogen-bond donors (Lipinski definition) is 0. The molecule has 0 spiro atoms. The van der Waals surface area contributed by atoms with Crippen LogP contribution in [0.5, 0.6) is 0 Å². The summed E-state index contributed by atoms with van der Waals surface area (Å²) in [5, 5.41) is 1.47. The third-order valence-corrected chi connectivity index (χ3v) is 25.9. The molecule has 13 aromatic rings. The standard InChI is InChI=1S/C65H47GeN5Si/c1-72(2)61-39-20-14-32-53(61)55-43-48(40-41-62(55)72)66(45-23-5-3-6-24-45,46-25-7-4-8-26-46)47-27-21-22-44(42-47)63-67-64(69-65(68-63)71-58-36-17-11-30-51(58)52-31-12-18-37-59(52)71)54-33-13-19-38-60(54)70-56-34-15-9-28-49(56)50-29-10-16-35-57(50)70/h3-43H,1-2H3/i3D,4D,5D,6D,7D,8D,9D,10D,11D,15D,16D,17D,21D,22D,23D,24D,25D,26D,27D,28D,29D,30D,34D,35D,36D,42D. The molecule has 7 heteroatoms. The quantitative estimate of drug-likeness (QED) is 0.143. The molecule has 0 atom stereocenters. The van der Waals surface area contributed by atoms with Crippen LogP contribution in [0.15, 0.2) is 248 Å². The van der Waals surface area contributed by atoms with Crippen LogP contribution >= 0.6 is 0 Å². The molecule has 72 heavy (non-hydrogen) atoms. The van der Waals surface area contributed by atoms with Crippen LogP contribution in [0.1, 0.15) is 35.6 Å². The second-order valence-electron chi connectivity index (χ2n) is 17.6. The molecule has 0 amide bonds. The Morgan fingerprint density at radius 3 is 1.65 bits per heavy atom. The third-order valence-electron chi connectivity index (χ3n) is 13.5. The topological polar surface area (TPSA) is 48.5 Å². The van der Waals surface area contributed by atoms with Gasteiger partial charge in [-0.1, -0.05) is 12.1 Å². The van der Waals surface area contributed by atoms with Gasteiger partial charge in [-0.15, -0.1) is 0 Å². The Hall–Kier alpha value is -8.43. The molecule has 10 aromatic carbocycles. The van der Waals surface area contributed by atoms with Gasteiger partial charge in [-0.05, 0) is 0 Å². The normalized spacial score (nSPS) is 18.0.